The first kappa shape index (κ1) is 19.3. The highest BCUT2D eigenvalue weighted by Gasteiger charge is 2.27. The first-order valence-corrected chi connectivity index (χ1v) is 7.88. The molecule has 126 valence electrons. The summed E-state index contributed by atoms with van der Waals surface area (Å²) in [5, 5.41) is 17.7. The van der Waals surface area contributed by atoms with Gasteiger partial charge >= 0.3 is 0 Å². The molecule has 0 aliphatic heterocycles. The molecule has 2 N–H and O–H groups in total. The molecule has 0 radical (unpaired) electrons. The van der Waals surface area contributed by atoms with Crippen LogP contribution in [0.15, 0.2) is 91.7 Å². The van der Waals surface area contributed by atoms with Crippen LogP contribution in [-0.4, -0.2) is 10.2 Å². The topological polar surface area (TPSA) is 40.5 Å². The number of aliphatic hydroxyl groups is 1. The van der Waals surface area contributed by atoms with Crippen molar-refractivity contribution in [3.8, 4) is 5.75 Å². The molecule has 0 saturated heterocycles. The van der Waals surface area contributed by atoms with Crippen LogP contribution in [0.4, 0.5) is 0 Å². The lowest BCUT2D eigenvalue weighted by molar-refractivity contribution is 0.414. The first-order valence-electron chi connectivity index (χ1n) is 7.88. The van der Waals surface area contributed by atoms with Crippen molar-refractivity contribution in [1.82, 2.24) is 0 Å². The second-order valence-electron chi connectivity index (χ2n) is 5.78. The van der Waals surface area contributed by atoms with E-state index in [2.05, 4.69) is 44.3 Å². The molecule has 0 aromatic heterocycles. The average Bonchev–Trinajstić information content (AvgIpc) is 2.57. The minimum atomic E-state index is -0.100. The van der Waals surface area contributed by atoms with E-state index in [1.165, 1.54) is 23.3 Å². The molecule has 2 heteroatoms. The fourth-order valence-corrected chi connectivity index (χ4v) is 2.50. The van der Waals surface area contributed by atoms with E-state index in [0.29, 0.717) is 11.5 Å². The van der Waals surface area contributed by atoms with Gasteiger partial charge in [0.25, 0.3) is 0 Å². The molecule has 0 saturated carbocycles. The monoisotopic (exact) mass is 322 g/mol. The molecule has 2 nitrogen and oxygen atoms in total. The van der Waals surface area contributed by atoms with Crippen LogP contribution in [0.1, 0.15) is 31.4 Å². The standard InChI is InChI=1S/C17H18O.C5H8O/c1-3-13-17(2,14-7-5-4-6-8-14)15-9-11-16(18)12-10-15;1-3-4-5(2)6/h3-12,18H,1,13H2,2H3;3-4,6H,1H2,2H3/b;5-4+. The normalized spacial score (nSPS) is 13.2. The predicted octanol–water partition coefficient (Wildman–Crippen LogP) is 5.91. The van der Waals surface area contributed by atoms with E-state index < -0.39 is 0 Å². The zero-order valence-corrected chi connectivity index (χ0v) is 14.4. The van der Waals surface area contributed by atoms with Crippen LogP contribution in [0, 0.1) is 0 Å². The van der Waals surface area contributed by atoms with Crippen molar-refractivity contribution >= 4 is 0 Å². The maximum absolute atomic E-state index is 9.40. The quantitative estimate of drug-likeness (QED) is 0.408. The molecular weight excluding hydrogens is 296 g/mol. The second kappa shape index (κ2) is 9.41. The molecule has 0 heterocycles. The van der Waals surface area contributed by atoms with Gasteiger partial charge in [-0.3, -0.25) is 0 Å². The molecule has 2 aromatic rings. The molecule has 1 atom stereocenters. The minimum absolute atomic E-state index is 0.100. The van der Waals surface area contributed by atoms with Crippen LogP contribution < -0.4 is 0 Å². The van der Waals surface area contributed by atoms with Gasteiger partial charge in [-0.2, -0.15) is 0 Å². The second-order valence-corrected chi connectivity index (χ2v) is 5.78. The van der Waals surface area contributed by atoms with Gasteiger partial charge < -0.3 is 10.2 Å². The van der Waals surface area contributed by atoms with Crippen molar-refractivity contribution in [3.05, 3.63) is 103 Å². The smallest absolute Gasteiger partial charge is 0.115 e. The van der Waals surface area contributed by atoms with Crippen molar-refractivity contribution in [2.75, 3.05) is 0 Å². The maximum Gasteiger partial charge on any atom is 0.115 e. The summed E-state index contributed by atoms with van der Waals surface area (Å²) in [6.07, 6.45) is 5.87. The van der Waals surface area contributed by atoms with Gasteiger partial charge in [0.2, 0.25) is 0 Å². The van der Waals surface area contributed by atoms with Crippen molar-refractivity contribution in [2.45, 2.75) is 25.7 Å². The van der Waals surface area contributed by atoms with E-state index in [1.54, 1.807) is 19.1 Å². The van der Waals surface area contributed by atoms with Gasteiger partial charge in [0, 0.05) is 5.41 Å². The van der Waals surface area contributed by atoms with Crippen LogP contribution in [0.3, 0.4) is 0 Å². The number of allylic oxidation sites excluding steroid dienone is 4. The number of phenols is 1. The van der Waals surface area contributed by atoms with Crippen LogP contribution >= 0.6 is 0 Å². The molecule has 24 heavy (non-hydrogen) atoms. The molecule has 0 spiro atoms. The third-order valence-corrected chi connectivity index (χ3v) is 3.83. The van der Waals surface area contributed by atoms with Crippen LogP contribution in [0.2, 0.25) is 0 Å². The van der Waals surface area contributed by atoms with Crippen LogP contribution in [0.25, 0.3) is 0 Å². The third kappa shape index (κ3) is 5.47. The van der Waals surface area contributed by atoms with E-state index in [4.69, 9.17) is 5.11 Å². The molecule has 0 fully saturated rings. The number of aromatic hydroxyl groups is 1. The zero-order valence-electron chi connectivity index (χ0n) is 14.4. The number of rotatable bonds is 5. The van der Waals surface area contributed by atoms with Gasteiger partial charge in [-0.15, -0.1) is 6.58 Å². The Morgan fingerprint density at radius 2 is 1.54 bits per heavy atom. The minimum Gasteiger partial charge on any atom is -0.513 e. The zero-order chi connectivity index (χ0) is 18.0. The van der Waals surface area contributed by atoms with Gasteiger partial charge in [0.05, 0.1) is 5.76 Å². The van der Waals surface area contributed by atoms with Crippen molar-refractivity contribution < 1.29 is 10.2 Å². The van der Waals surface area contributed by atoms with E-state index in [9.17, 15) is 5.11 Å². The lowest BCUT2D eigenvalue weighted by atomic mass is 9.74. The Labute approximate surface area is 145 Å². The average molecular weight is 322 g/mol. The van der Waals surface area contributed by atoms with Gasteiger partial charge in [0.15, 0.2) is 0 Å². The van der Waals surface area contributed by atoms with Crippen molar-refractivity contribution in [3.63, 3.8) is 0 Å². The van der Waals surface area contributed by atoms with Gasteiger partial charge in [-0.25, -0.2) is 0 Å². The molecule has 0 aliphatic carbocycles. The Balaban J connectivity index is 0.000000413. The maximum atomic E-state index is 9.40. The summed E-state index contributed by atoms with van der Waals surface area (Å²) < 4.78 is 0. The Bertz CT molecular complexity index is 665. The Kier molecular flexibility index (Phi) is 7.57. The summed E-state index contributed by atoms with van der Waals surface area (Å²) in [6, 6.07) is 17.8. The summed E-state index contributed by atoms with van der Waals surface area (Å²) in [7, 11) is 0. The van der Waals surface area contributed by atoms with Gasteiger partial charge in [-0.1, -0.05) is 68.1 Å². The highest BCUT2D eigenvalue weighted by molar-refractivity contribution is 5.41. The fourth-order valence-electron chi connectivity index (χ4n) is 2.50. The lowest BCUT2D eigenvalue weighted by Gasteiger charge is -2.30. The highest BCUT2D eigenvalue weighted by atomic mass is 16.3. The fraction of sp³-hybridized carbons (Fsp3) is 0.182. The molecule has 0 aliphatic rings. The molecule has 1 unspecified atom stereocenters. The van der Waals surface area contributed by atoms with Crippen molar-refractivity contribution in [2.24, 2.45) is 0 Å². The largest absolute Gasteiger partial charge is 0.513 e. The number of aliphatic hydroxyl groups excluding tert-OH is 1. The Morgan fingerprint density at radius 1 is 1.00 bits per heavy atom. The van der Waals surface area contributed by atoms with E-state index in [-0.39, 0.29) is 5.41 Å². The molecule has 2 rings (SSSR count). The summed E-state index contributed by atoms with van der Waals surface area (Å²) in [4.78, 5) is 0. The summed E-state index contributed by atoms with van der Waals surface area (Å²) in [5.74, 6) is 0.595. The lowest BCUT2D eigenvalue weighted by Crippen LogP contribution is -2.22. The van der Waals surface area contributed by atoms with Crippen molar-refractivity contribution in [1.29, 1.82) is 0 Å². The number of hydrogen-bond donors (Lipinski definition) is 2. The Morgan fingerprint density at radius 3 is 1.96 bits per heavy atom. The van der Waals surface area contributed by atoms with Gasteiger partial charge in [0.1, 0.15) is 5.75 Å². The Hall–Kier alpha value is -2.74. The highest BCUT2D eigenvalue weighted by Crippen LogP contribution is 2.36. The van der Waals surface area contributed by atoms with Gasteiger partial charge in [-0.05, 0) is 42.7 Å². The summed E-state index contributed by atoms with van der Waals surface area (Å²) in [6.45, 7) is 11.0. The van der Waals surface area contributed by atoms with E-state index in [0.717, 1.165) is 6.42 Å². The predicted molar refractivity (Wildman–Crippen MR) is 102 cm³/mol. The van der Waals surface area contributed by atoms with Crippen LogP contribution in [0.5, 0.6) is 5.75 Å². The number of phenolic OH excluding ortho intramolecular Hbond substituents is 1. The van der Waals surface area contributed by atoms with E-state index in [1.807, 2.05) is 24.3 Å². The first-order chi connectivity index (χ1) is 11.4. The molecule has 2 aromatic carbocycles. The summed E-state index contributed by atoms with van der Waals surface area (Å²) in [5.41, 5.74) is 2.35. The summed E-state index contributed by atoms with van der Waals surface area (Å²) >= 11 is 0. The van der Waals surface area contributed by atoms with E-state index >= 15 is 0 Å². The molecule has 0 amide bonds. The molecule has 0 bridgehead atoms. The third-order valence-electron chi connectivity index (χ3n) is 3.83. The van der Waals surface area contributed by atoms with Crippen LogP contribution in [-0.2, 0) is 5.41 Å². The number of benzene rings is 2. The number of hydrogen-bond acceptors (Lipinski definition) is 2. The molecular formula is C22H26O2. The SMILES string of the molecule is C=C/C=C(\C)O.C=CCC(C)(c1ccccc1)c1ccc(O)cc1.